The second-order valence-electron chi connectivity index (χ2n) is 8.75. The van der Waals surface area contributed by atoms with Gasteiger partial charge in [0, 0.05) is 52.3 Å². The number of benzene rings is 4. The minimum Gasteiger partial charge on any atom is -0.436 e. The summed E-state index contributed by atoms with van der Waals surface area (Å²) < 4.78 is 5.89. The molecule has 0 aliphatic carbocycles. The van der Waals surface area contributed by atoms with Gasteiger partial charge in [-0.3, -0.25) is 29.8 Å². The van der Waals surface area contributed by atoms with Crippen molar-refractivity contribution in [1.29, 1.82) is 0 Å². The van der Waals surface area contributed by atoms with Gasteiger partial charge in [-0.15, -0.1) is 0 Å². The van der Waals surface area contributed by atoms with Crippen LogP contribution in [0.2, 0.25) is 0 Å². The van der Waals surface area contributed by atoms with Gasteiger partial charge in [0.15, 0.2) is 5.58 Å². The molecule has 5 rings (SSSR count). The number of aromatic nitrogens is 1. The molecule has 0 spiro atoms. The number of oxazole rings is 1. The Morgan fingerprint density at radius 3 is 1.90 bits per heavy atom. The maximum Gasteiger partial charge on any atom is 0.269 e. The monoisotopic (exact) mass is 537 g/mol. The van der Waals surface area contributed by atoms with Crippen LogP contribution in [-0.2, 0) is 0 Å². The molecule has 2 N–H and O–H groups in total. The van der Waals surface area contributed by atoms with Crippen molar-refractivity contribution in [2.45, 2.75) is 6.92 Å². The van der Waals surface area contributed by atoms with Crippen molar-refractivity contribution < 1.29 is 23.9 Å². The molecule has 0 radical (unpaired) electrons. The van der Waals surface area contributed by atoms with Crippen LogP contribution in [0.15, 0.2) is 89.3 Å². The molecule has 2 amide bonds. The molecule has 12 nitrogen and oxygen atoms in total. The number of hydrogen-bond acceptors (Lipinski definition) is 8. The summed E-state index contributed by atoms with van der Waals surface area (Å²) >= 11 is 0. The fraction of sp³-hybridized carbons (Fsp3) is 0.0357. The third-order valence-electron chi connectivity index (χ3n) is 6.06. The maximum atomic E-state index is 12.7. The summed E-state index contributed by atoms with van der Waals surface area (Å²) in [5.41, 5.74) is 3.60. The van der Waals surface area contributed by atoms with Crippen molar-refractivity contribution in [3.05, 3.63) is 122 Å². The molecule has 12 heteroatoms. The Balaban J connectivity index is 1.34. The fourth-order valence-electron chi connectivity index (χ4n) is 3.89. The third kappa shape index (κ3) is 5.36. The first kappa shape index (κ1) is 25.7. The summed E-state index contributed by atoms with van der Waals surface area (Å²) in [4.78, 5) is 50.4. The third-order valence-corrected chi connectivity index (χ3v) is 6.06. The standard InChI is InChI=1S/C28H19N5O7/c1-16-2-3-19(14-23(16)30-27(35)18-6-11-22(12-7-18)33(38)39)28-31-24-15-20(8-13-25(24)40-28)29-26(34)17-4-9-21(10-5-17)32(36)37/h2-15H,1H3,(H,29,34)(H,30,35). The predicted octanol–water partition coefficient (Wildman–Crippen LogP) is 6.12. The van der Waals surface area contributed by atoms with E-state index in [1.807, 2.05) is 6.92 Å². The van der Waals surface area contributed by atoms with E-state index in [2.05, 4.69) is 15.6 Å². The molecule has 0 fully saturated rings. The van der Waals surface area contributed by atoms with E-state index in [1.54, 1.807) is 36.4 Å². The van der Waals surface area contributed by atoms with E-state index in [-0.39, 0.29) is 22.5 Å². The SMILES string of the molecule is Cc1ccc(-c2nc3cc(NC(=O)c4ccc([N+](=O)[O-])cc4)ccc3o2)cc1NC(=O)c1ccc([N+](=O)[O-])cc1. The highest BCUT2D eigenvalue weighted by atomic mass is 16.6. The zero-order chi connectivity index (χ0) is 28.4. The number of carbonyl (C=O) groups is 2. The predicted molar refractivity (Wildman–Crippen MR) is 146 cm³/mol. The number of aryl methyl sites for hydroxylation is 1. The van der Waals surface area contributed by atoms with E-state index in [1.165, 1.54) is 48.5 Å². The Morgan fingerprint density at radius 1 is 0.750 bits per heavy atom. The van der Waals surface area contributed by atoms with Crippen molar-refractivity contribution in [3.63, 3.8) is 0 Å². The first-order valence-corrected chi connectivity index (χ1v) is 11.8. The van der Waals surface area contributed by atoms with Crippen molar-refractivity contribution in [2.24, 2.45) is 0 Å². The number of rotatable bonds is 7. The Kier molecular flexibility index (Phi) is 6.72. The number of non-ortho nitro benzene ring substituents is 2. The van der Waals surface area contributed by atoms with Crippen molar-refractivity contribution in [1.82, 2.24) is 4.98 Å². The number of nitrogens with one attached hydrogen (secondary N) is 2. The lowest BCUT2D eigenvalue weighted by atomic mass is 10.1. The summed E-state index contributed by atoms with van der Waals surface area (Å²) in [6, 6.07) is 20.8. The topological polar surface area (TPSA) is 171 Å². The molecule has 5 aromatic rings. The van der Waals surface area contributed by atoms with Gasteiger partial charge in [0.25, 0.3) is 23.2 Å². The van der Waals surface area contributed by atoms with Crippen LogP contribution in [0.25, 0.3) is 22.6 Å². The lowest BCUT2D eigenvalue weighted by Crippen LogP contribution is -2.12. The van der Waals surface area contributed by atoms with Gasteiger partial charge >= 0.3 is 0 Å². The van der Waals surface area contributed by atoms with Crippen molar-refractivity contribution >= 4 is 45.7 Å². The summed E-state index contributed by atoms with van der Waals surface area (Å²) in [5.74, 6) is -0.578. The van der Waals surface area contributed by atoms with Crippen LogP contribution in [0.5, 0.6) is 0 Å². The average molecular weight is 537 g/mol. The highest BCUT2D eigenvalue weighted by molar-refractivity contribution is 6.06. The van der Waals surface area contributed by atoms with Gasteiger partial charge in [0.1, 0.15) is 5.52 Å². The van der Waals surface area contributed by atoms with Crippen LogP contribution in [-0.4, -0.2) is 26.6 Å². The highest BCUT2D eigenvalue weighted by Crippen LogP contribution is 2.30. The van der Waals surface area contributed by atoms with Gasteiger partial charge < -0.3 is 15.1 Å². The zero-order valence-corrected chi connectivity index (χ0v) is 20.8. The summed E-state index contributed by atoms with van der Waals surface area (Å²) in [6.45, 7) is 1.82. The van der Waals surface area contributed by atoms with Gasteiger partial charge in [0.2, 0.25) is 5.89 Å². The molecule has 0 saturated carbocycles. The van der Waals surface area contributed by atoms with Crippen LogP contribution in [0, 0.1) is 27.2 Å². The zero-order valence-electron chi connectivity index (χ0n) is 20.8. The van der Waals surface area contributed by atoms with E-state index in [0.29, 0.717) is 33.9 Å². The number of nitrogens with zero attached hydrogens (tertiary/aromatic N) is 3. The second-order valence-corrected chi connectivity index (χ2v) is 8.75. The number of nitro benzene ring substituents is 2. The van der Waals surface area contributed by atoms with Gasteiger partial charge in [-0.2, -0.15) is 0 Å². The molecule has 40 heavy (non-hydrogen) atoms. The number of nitro groups is 2. The first-order chi connectivity index (χ1) is 19.2. The Bertz CT molecular complexity index is 1790. The second kappa shape index (κ2) is 10.5. The van der Waals surface area contributed by atoms with Crippen molar-refractivity contribution in [2.75, 3.05) is 10.6 Å². The normalized spacial score (nSPS) is 10.7. The maximum absolute atomic E-state index is 12.7. The molecule has 1 heterocycles. The van der Waals surface area contributed by atoms with Crippen LogP contribution in [0.4, 0.5) is 22.7 Å². The molecule has 0 atom stereocenters. The molecular formula is C28H19N5O7. The Labute approximate surface area is 225 Å². The average Bonchev–Trinajstić information content (AvgIpc) is 3.37. The minimum atomic E-state index is -0.540. The summed E-state index contributed by atoms with van der Waals surface area (Å²) in [5, 5.41) is 27.2. The van der Waals surface area contributed by atoms with E-state index in [0.717, 1.165) is 5.56 Å². The summed E-state index contributed by atoms with van der Waals surface area (Å²) in [7, 11) is 0. The number of anilines is 2. The quantitative estimate of drug-likeness (QED) is 0.184. The van der Waals surface area contributed by atoms with Gasteiger partial charge in [-0.25, -0.2) is 4.98 Å². The molecule has 0 aliphatic rings. The lowest BCUT2D eigenvalue weighted by molar-refractivity contribution is -0.385. The summed E-state index contributed by atoms with van der Waals surface area (Å²) in [6.07, 6.45) is 0. The lowest BCUT2D eigenvalue weighted by Gasteiger charge is -2.09. The Morgan fingerprint density at radius 2 is 1.32 bits per heavy atom. The van der Waals surface area contributed by atoms with Crippen LogP contribution < -0.4 is 10.6 Å². The van der Waals surface area contributed by atoms with Gasteiger partial charge in [-0.05, 0) is 67.1 Å². The number of fused-ring (bicyclic) bond motifs is 1. The van der Waals surface area contributed by atoms with Crippen LogP contribution in [0.3, 0.4) is 0 Å². The van der Waals surface area contributed by atoms with Crippen LogP contribution >= 0.6 is 0 Å². The smallest absolute Gasteiger partial charge is 0.269 e. The van der Waals surface area contributed by atoms with E-state index in [4.69, 9.17) is 4.42 Å². The number of hydrogen-bond donors (Lipinski definition) is 2. The fourth-order valence-corrected chi connectivity index (χ4v) is 3.89. The Hall–Kier alpha value is -5.91. The van der Waals surface area contributed by atoms with E-state index < -0.39 is 21.7 Å². The number of amides is 2. The van der Waals surface area contributed by atoms with E-state index in [9.17, 15) is 29.8 Å². The molecule has 1 aromatic heterocycles. The molecule has 0 aliphatic heterocycles. The minimum absolute atomic E-state index is 0.111. The molecule has 4 aromatic carbocycles. The first-order valence-electron chi connectivity index (χ1n) is 11.8. The van der Waals surface area contributed by atoms with Gasteiger partial charge in [0.05, 0.1) is 9.85 Å². The molecule has 0 bridgehead atoms. The molecule has 198 valence electrons. The van der Waals surface area contributed by atoms with E-state index >= 15 is 0 Å². The molecular weight excluding hydrogens is 518 g/mol. The van der Waals surface area contributed by atoms with Gasteiger partial charge in [-0.1, -0.05) is 6.07 Å². The molecule has 0 saturated heterocycles. The van der Waals surface area contributed by atoms with Crippen LogP contribution in [0.1, 0.15) is 26.3 Å². The molecule has 0 unspecified atom stereocenters. The largest absolute Gasteiger partial charge is 0.436 e. The number of carbonyl (C=O) groups excluding carboxylic acids is 2. The highest BCUT2D eigenvalue weighted by Gasteiger charge is 2.15. The van der Waals surface area contributed by atoms with Crippen molar-refractivity contribution in [3.8, 4) is 11.5 Å².